The van der Waals surface area contributed by atoms with Gasteiger partial charge < -0.3 is 14.2 Å². The number of hydrogen-bond donors (Lipinski definition) is 0. The molecule has 0 bridgehead atoms. The maximum atomic E-state index is 12.7. The van der Waals surface area contributed by atoms with Crippen LogP contribution in [0.1, 0.15) is 265 Å². The number of ether oxygens (including phenoxy) is 3. The van der Waals surface area contributed by atoms with Gasteiger partial charge in [0.25, 0.3) is 0 Å². The lowest BCUT2D eigenvalue weighted by Gasteiger charge is -2.18. The van der Waals surface area contributed by atoms with Crippen molar-refractivity contribution in [3.8, 4) is 0 Å². The highest BCUT2D eigenvalue weighted by Gasteiger charge is 2.19. The van der Waals surface area contributed by atoms with Gasteiger partial charge >= 0.3 is 17.9 Å². The fraction of sp³-hybridized carbons (Fsp3) is 0.898. The Balaban J connectivity index is 4.31. The Hall–Kier alpha value is -1.85. The number of carbonyl (C=O) groups excluding carboxylic acids is 3. The molecule has 55 heavy (non-hydrogen) atoms. The molecule has 0 heterocycles. The number of unbranched alkanes of at least 4 members (excludes halogenated alkanes) is 31. The number of allylic oxidation sites excluding steroid dienone is 2. The molecular weight excluding hydrogens is 685 g/mol. The van der Waals surface area contributed by atoms with E-state index in [0.717, 1.165) is 64.2 Å². The van der Waals surface area contributed by atoms with Crippen LogP contribution in [0.3, 0.4) is 0 Å². The van der Waals surface area contributed by atoms with Gasteiger partial charge in [-0.1, -0.05) is 219 Å². The molecule has 0 saturated heterocycles. The van der Waals surface area contributed by atoms with Crippen molar-refractivity contribution in [2.45, 2.75) is 271 Å². The van der Waals surface area contributed by atoms with E-state index in [2.05, 4.69) is 32.9 Å². The summed E-state index contributed by atoms with van der Waals surface area (Å²) in [6, 6.07) is 0. The summed E-state index contributed by atoms with van der Waals surface area (Å²) in [6.45, 7) is 6.61. The monoisotopic (exact) mass is 777 g/mol. The minimum Gasteiger partial charge on any atom is -0.462 e. The van der Waals surface area contributed by atoms with Crippen molar-refractivity contribution in [1.82, 2.24) is 0 Å². The summed E-state index contributed by atoms with van der Waals surface area (Å²) < 4.78 is 16.7. The second-order valence-corrected chi connectivity index (χ2v) is 16.4. The van der Waals surface area contributed by atoms with Crippen LogP contribution in [0.4, 0.5) is 0 Å². The molecule has 0 aromatic heterocycles. The molecule has 0 spiro atoms. The van der Waals surface area contributed by atoms with Gasteiger partial charge in [0.2, 0.25) is 0 Å². The van der Waals surface area contributed by atoms with Crippen molar-refractivity contribution in [1.29, 1.82) is 0 Å². The summed E-state index contributed by atoms with van der Waals surface area (Å²) in [5, 5.41) is 0. The van der Waals surface area contributed by atoms with Crippen LogP contribution in [0, 0.1) is 0 Å². The van der Waals surface area contributed by atoms with E-state index in [-0.39, 0.29) is 31.1 Å². The zero-order chi connectivity index (χ0) is 40.1. The molecular formula is C49H92O6. The molecule has 0 fully saturated rings. The summed E-state index contributed by atoms with van der Waals surface area (Å²) >= 11 is 0. The molecule has 6 nitrogen and oxygen atoms in total. The first kappa shape index (κ1) is 53.1. The Morgan fingerprint density at radius 3 is 0.964 bits per heavy atom. The number of esters is 3. The van der Waals surface area contributed by atoms with E-state index in [1.807, 2.05) is 0 Å². The molecule has 0 aromatic rings. The second kappa shape index (κ2) is 44.9. The van der Waals surface area contributed by atoms with Crippen molar-refractivity contribution in [3.05, 3.63) is 12.2 Å². The minimum atomic E-state index is -0.765. The summed E-state index contributed by atoms with van der Waals surface area (Å²) in [7, 11) is 0. The fourth-order valence-electron chi connectivity index (χ4n) is 7.07. The average molecular weight is 777 g/mol. The van der Waals surface area contributed by atoms with E-state index in [1.54, 1.807) is 0 Å². The van der Waals surface area contributed by atoms with Crippen LogP contribution < -0.4 is 0 Å². The lowest BCUT2D eigenvalue weighted by Crippen LogP contribution is -2.30. The third kappa shape index (κ3) is 43.1. The Labute approximate surface area is 341 Å². The van der Waals surface area contributed by atoms with E-state index in [1.165, 1.54) is 161 Å². The van der Waals surface area contributed by atoms with E-state index in [4.69, 9.17) is 14.2 Å². The highest BCUT2D eigenvalue weighted by atomic mass is 16.6. The lowest BCUT2D eigenvalue weighted by molar-refractivity contribution is -0.167. The van der Waals surface area contributed by atoms with Crippen molar-refractivity contribution < 1.29 is 28.6 Å². The van der Waals surface area contributed by atoms with Gasteiger partial charge in [-0.15, -0.1) is 0 Å². The first-order valence-corrected chi connectivity index (χ1v) is 24.2. The highest BCUT2D eigenvalue weighted by molar-refractivity contribution is 5.71. The standard InChI is InChI=1S/C49H92O6/c1-4-7-10-13-16-19-22-23-24-25-28-30-33-36-39-42-48(51)54-45-46(55-49(52)43-40-37-34-31-27-21-18-15-12-9-6-3)44-53-47(50)41-38-35-32-29-26-20-17-14-11-8-5-2/h15,18,46H,4-14,16-17,19-45H2,1-3H3/b18-15-/t46-/m1/s1. The Kier molecular flexibility index (Phi) is 43.4. The smallest absolute Gasteiger partial charge is 0.306 e. The molecule has 0 aliphatic carbocycles. The van der Waals surface area contributed by atoms with Crippen LogP contribution in [0.2, 0.25) is 0 Å². The largest absolute Gasteiger partial charge is 0.462 e. The van der Waals surface area contributed by atoms with Gasteiger partial charge in [-0.05, 0) is 38.5 Å². The normalized spacial score (nSPS) is 12.0. The first-order valence-electron chi connectivity index (χ1n) is 24.2. The quantitative estimate of drug-likeness (QED) is 0.0265. The molecule has 1 atom stereocenters. The molecule has 0 radical (unpaired) electrons. The van der Waals surface area contributed by atoms with Crippen molar-refractivity contribution in [2.75, 3.05) is 13.2 Å². The molecule has 0 saturated carbocycles. The summed E-state index contributed by atoms with van der Waals surface area (Å²) in [5.41, 5.74) is 0. The van der Waals surface area contributed by atoms with Crippen LogP contribution in [0.25, 0.3) is 0 Å². The zero-order valence-electron chi connectivity index (χ0n) is 37.0. The van der Waals surface area contributed by atoms with E-state index in [9.17, 15) is 14.4 Å². The van der Waals surface area contributed by atoms with Gasteiger partial charge in [0, 0.05) is 19.3 Å². The molecule has 0 unspecified atom stereocenters. The van der Waals surface area contributed by atoms with Crippen LogP contribution in [0.15, 0.2) is 12.2 Å². The van der Waals surface area contributed by atoms with Crippen molar-refractivity contribution >= 4 is 17.9 Å². The van der Waals surface area contributed by atoms with Gasteiger partial charge in [-0.25, -0.2) is 0 Å². The zero-order valence-corrected chi connectivity index (χ0v) is 37.0. The molecule has 0 rings (SSSR count). The number of carbonyl (C=O) groups is 3. The van der Waals surface area contributed by atoms with Crippen LogP contribution in [0.5, 0.6) is 0 Å². The molecule has 0 aliphatic rings. The summed E-state index contributed by atoms with van der Waals surface area (Å²) in [4.78, 5) is 37.8. The van der Waals surface area contributed by atoms with E-state index >= 15 is 0 Å². The number of hydrogen-bond acceptors (Lipinski definition) is 6. The maximum Gasteiger partial charge on any atom is 0.306 e. The average Bonchev–Trinajstić information content (AvgIpc) is 3.18. The van der Waals surface area contributed by atoms with Gasteiger partial charge in [-0.2, -0.15) is 0 Å². The van der Waals surface area contributed by atoms with Crippen LogP contribution >= 0.6 is 0 Å². The maximum absolute atomic E-state index is 12.7. The van der Waals surface area contributed by atoms with E-state index < -0.39 is 6.10 Å². The van der Waals surface area contributed by atoms with Crippen molar-refractivity contribution in [3.63, 3.8) is 0 Å². The fourth-order valence-corrected chi connectivity index (χ4v) is 7.07. The third-order valence-corrected chi connectivity index (χ3v) is 10.8. The predicted molar refractivity (Wildman–Crippen MR) is 233 cm³/mol. The Bertz CT molecular complexity index is 854. The highest BCUT2D eigenvalue weighted by Crippen LogP contribution is 2.16. The predicted octanol–water partition coefficient (Wildman–Crippen LogP) is 15.4. The summed E-state index contributed by atoms with van der Waals surface area (Å²) in [6.07, 6.45) is 47.6. The molecule has 0 aliphatic heterocycles. The van der Waals surface area contributed by atoms with Gasteiger partial charge in [0.05, 0.1) is 0 Å². The molecule has 6 heteroatoms. The minimum absolute atomic E-state index is 0.0686. The first-order chi connectivity index (χ1) is 27.0. The Morgan fingerprint density at radius 1 is 0.345 bits per heavy atom. The number of rotatable bonds is 44. The second-order valence-electron chi connectivity index (χ2n) is 16.4. The molecule has 324 valence electrons. The Morgan fingerprint density at radius 2 is 0.618 bits per heavy atom. The molecule has 0 N–H and O–H groups in total. The van der Waals surface area contributed by atoms with Crippen LogP contribution in [-0.2, 0) is 28.6 Å². The summed E-state index contributed by atoms with van der Waals surface area (Å²) in [5.74, 6) is -0.867. The lowest BCUT2D eigenvalue weighted by atomic mass is 10.0. The third-order valence-electron chi connectivity index (χ3n) is 10.8. The SMILES string of the molecule is CCCC/C=C\CCCCCCCC(=O)O[C@H](COC(=O)CCCCCCCCCCCCC)COC(=O)CCCCCCCCCCCCCCCCC. The molecule has 0 aromatic carbocycles. The molecule has 0 amide bonds. The van der Waals surface area contributed by atoms with Gasteiger partial charge in [0.1, 0.15) is 13.2 Å². The van der Waals surface area contributed by atoms with Crippen molar-refractivity contribution in [2.24, 2.45) is 0 Å². The topological polar surface area (TPSA) is 78.9 Å². The van der Waals surface area contributed by atoms with Crippen LogP contribution in [-0.4, -0.2) is 37.2 Å². The van der Waals surface area contributed by atoms with E-state index in [0.29, 0.717) is 19.3 Å². The van der Waals surface area contributed by atoms with Gasteiger partial charge in [-0.3, -0.25) is 14.4 Å². The van der Waals surface area contributed by atoms with Gasteiger partial charge in [0.15, 0.2) is 6.10 Å².